The topological polar surface area (TPSA) is 107 Å². The number of halogens is 1. The van der Waals surface area contributed by atoms with Crippen LogP contribution >= 0.6 is 11.6 Å². The monoisotopic (exact) mass is 362 g/mol. The summed E-state index contributed by atoms with van der Waals surface area (Å²) in [6.45, 7) is 3.93. The number of primary amides is 1. The van der Waals surface area contributed by atoms with Crippen molar-refractivity contribution in [2.24, 2.45) is 5.73 Å². The Morgan fingerprint density at radius 3 is 2.48 bits per heavy atom. The summed E-state index contributed by atoms with van der Waals surface area (Å²) in [6.07, 6.45) is 0.144. The molecule has 0 aliphatic rings. The van der Waals surface area contributed by atoms with Gasteiger partial charge < -0.3 is 11.1 Å². The van der Waals surface area contributed by atoms with Gasteiger partial charge in [0.25, 0.3) is 11.8 Å². The van der Waals surface area contributed by atoms with Crippen molar-refractivity contribution >= 4 is 29.2 Å². The molecule has 0 unspecified atom stereocenters. The molecule has 0 aliphatic heterocycles. The minimum Gasteiger partial charge on any atom is -0.363 e. The van der Waals surface area contributed by atoms with Gasteiger partial charge in [0.05, 0.1) is 10.7 Å². The molecule has 132 valence electrons. The molecule has 7 nitrogen and oxygen atoms in total. The van der Waals surface area contributed by atoms with Gasteiger partial charge in [0.1, 0.15) is 11.7 Å². The maximum atomic E-state index is 12.6. The van der Waals surface area contributed by atoms with E-state index in [-0.39, 0.29) is 17.1 Å². The van der Waals surface area contributed by atoms with E-state index < -0.39 is 23.6 Å². The van der Waals surface area contributed by atoms with Crippen LogP contribution in [0.3, 0.4) is 0 Å². The predicted octanol–water partition coefficient (Wildman–Crippen LogP) is 1.26. The summed E-state index contributed by atoms with van der Waals surface area (Å²) in [5.41, 5.74) is 6.56. The van der Waals surface area contributed by atoms with Crippen molar-refractivity contribution < 1.29 is 14.4 Å². The van der Waals surface area contributed by atoms with Crippen LogP contribution in [0.15, 0.2) is 30.3 Å². The number of nitrogens with two attached hydrogens (primary N) is 1. The van der Waals surface area contributed by atoms with Crippen LogP contribution in [0.2, 0.25) is 5.02 Å². The fourth-order valence-electron chi connectivity index (χ4n) is 2.46. The quantitative estimate of drug-likeness (QED) is 0.723. The van der Waals surface area contributed by atoms with Gasteiger partial charge in [-0.05, 0) is 19.4 Å². The van der Waals surface area contributed by atoms with Crippen LogP contribution in [-0.4, -0.2) is 33.4 Å². The molecule has 0 aliphatic carbocycles. The number of aryl methyl sites for hydroxylation is 2. The van der Waals surface area contributed by atoms with E-state index in [2.05, 4.69) is 10.4 Å². The number of rotatable bonds is 7. The Morgan fingerprint density at radius 2 is 1.92 bits per heavy atom. The van der Waals surface area contributed by atoms with E-state index in [0.29, 0.717) is 12.2 Å². The molecule has 0 saturated heterocycles. The zero-order chi connectivity index (χ0) is 18.6. The lowest BCUT2D eigenvalue weighted by Gasteiger charge is -2.17. The maximum absolute atomic E-state index is 12.6. The van der Waals surface area contributed by atoms with E-state index in [0.717, 1.165) is 5.56 Å². The molecule has 3 N–H and O–H groups in total. The third-order valence-corrected chi connectivity index (χ3v) is 4.17. The number of hydrogen-bond acceptors (Lipinski definition) is 4. The zero-order valence-corrected chi connectivity index (χ0v) is 14.7. The highest BCUT2D eigenvalue weighted by Gasteiger charge is 2.28. The summed E-state index contributed by atoms with van der Waals surface area (Å²) in [5.74, 6) is -2.55. The lowest BCUT2D eigenvalue weighted by Crippen LogP contribution is -2.47. The summed E-state index contributed by atoms with van der Waals surface area (Å²) in [6, 6.07) is 7.94. The second-order valence-corrected chi connectivity index (χ2v) is 5.89. The number of Topliss-reactive ketones (excluding diaryl/α,β-unsaturated/α-hetero) is 1. The fourth-order valence-corrected chi connectivity index (χ4v) is 2.68. The van der Waals surface area contributed by atoms with E-state index in [1.807, 2.05) is 13.0 Å². The number of hydrogen-bond donors (Lipinski definition) is 2. The normalized spacial score (nSPS) is 11.8. The zero-order valence-electron chi connectivity index (χ0n) is 14.0. The fraction of sp³-hybridized carbons (Fsp3) is 0.294. The SMILES string of the molecule is CCn1nc(C)c(Cl)c1C(=O)N[C@@H](Cc1ccccc1)C(=O)C(N)=O. The number of aromatic nitrogens is 2. The summed E-state index contributed by atoms with van der Waals surface area (Å²) >= 11 is 6.15. The summed E-state index contributed by atoms with van der Waals surface area (Å²) < 4.78 is 1.45. The Morgan fingerprint density at radius 1 is 1.28 bits per heavy atom. The molecule has 0 spiro atoms. The van der Waals surface area contributed by atoms with Gasteiger partial charge in [-0.25, -0.2) is 0 Å². The molecule has 8 heteroatoms. The van der Waals surface area contributed by atoms with Crippen molar-refractivity contribution in [1.82, 2.24) is 15.1 Å². The Kier molecular flexibility index (Phi) is 5.93. The standard InChI is InChI=1S/C17H19ClN4O3/c1-3-22-14(13(18)10(2)21-22)17(25)20-12(15(23)16(19)24)9-11-7-5-4-6-8-11/h4-8,12H,3,9H2,1-2H3,(H2,19,24)(H,20,25)/t12-/m0/s1. The molecular formula is C17H19ClN4O3. The third-order valence-electron chi connectivity index (χ3n) is 3.72. The molecule has 2 aromatic rings. The van der Waals surface area contributed by atoms with Crippen LogP contribution in [0.5, 0.6) is 0 Å². The third kappa shape index (κ3) is 4.24. The average molecular weight is 363 g/mol. The highest BCUT2D eigenvalue weighted by Crippen LogP contribution is 2.20. The molecule has 25 heavy (non-hydrogen) atoms. The summed E-state index contributed by atoms with van der Waals surface area (Å²) in [5, 5.41) is 6.94. The van der Waals surface area contributed by atoms with Gasteiger partial charge in [-0.15, -0.1) is 0 Å². The van der Waals surface area contributed by atoms with Crippen molar-refractivity contribution in [3.05, 3.63) is 52.3 Å². The van der Waals surface area contributed by atoms with Crippen LogP contribution in [0, 0.1) is 6.92 Å². The van der Waals surface area contributed by atoms with Crippen LogP contribution in [0.25, 0.3) is 0 Å². The van der Waals surface area contributed by atoms with Crippen molar-refractivity contribution in [2.45, 2.75) is 32.9 Å². The predicted molar refractivity (Wildman–Crippen MR) is 93.2 cm³/mol. The highest BCUT2D eigenvalue weighted by molar-refractivity contribution is 6.38. The molecule has 0 radical (unpaired) electrons. The van der Waals surface area contributed by atoms with Gasteiger partial charge in [-0.2, -0.15) is 5.10 Å². The number of benzene rings is 1. The lowest BCUT2D eigenvalue weighted by molar-refractivity contribution is -0.137. The van der Waals surface area contributed by atoms with E-state index in [9.17, 15) is 14.4 Å². The van der Waals surface area contributed by atoms with Crippen LogP contribution in [0.1, 0.15) is 28.7 Å². The maximum Gasteiger partial charge on any atom is 0.287 e. The van der Waals surface area contributed by atoms with Crippen molar-refractivity contribution in [2.75, 3.05) is 0 Å². The highest BCUT2D eigenvalue weighted by atomic mass is 35.5. The first kappa shape index (κ1) is 18.7. The molecule has 1 atom stereocenters. The minimum atomic E-state index is -1.10. The van der Waals surface area contributed by atoms with Crippen LogP contribution in [-0.2, 0) is 22.6 Å². The van der Waals surface area contributed by atoms with E-state index in [4.69, 9.17) is 17.3 Å². The Balaban J connectivity index is 2.28. The number of carbonyl (C=O) groups excluding carboxylic acids is 3. The second-order valence-electron chi connectivity index (χ2n) is 5.51. The van der Waals surface area contributed by atoms with Gasteiger partial charge in [-0.3, -0.25) is 19.1 Å². The van der Waals surface area contributed by atoms with E-state index in [1.54, 1.807) is 31.2 Å². The van der Waals surface area contributed by atoms with Crippen molar-refractivity contribution in [1.29, 1.82) is 0 Å². The van der Waals surface area contributed by atoms with Gasteiger partial charge >= 0.3 is 0 Å². The summed E-state index contributed by atoms with van der Waals surface area (Å²) in [7, 11) is 0. The van der Waals surface area contributed by atoms with E-state index in [1.165, 1.54) is 4.68 Å². The van der Waals surface area contributed by atoms with Gasteiger partial charge in [0.15, 0.2) is 0 Å². The molecular weight excluding hydrogens is 344 g/mol. The largest absolute Gasteiger partial charge is 0.363 e. The van der Waals surface area contributed by atoms with Crippen molar-refractivity contribution in [3.63, 3.8) is 0 Å². The number of nitrogens with one attached hydrogen (secondary N) is 1. The molecule has 1 heterocycles. The average Bonchev–Trinajstić information content (AvgIpc) is 2.89. The molecule has 2 rings (SSSR count). The number of carbonyl (C=O) groups is 3. The Labute approximate surface area is 150 Å². The lowest BCUT2D eigenvalue weighted by atomic mass is 10.0. The van der Waals surface area contributed by atoms with Crippen molar-refractivity contribution in [3.8, 4) is 0 Å². The van der Waals surface area contributed by atoms with Gasteiger partial charge in [0, 0.05) is 13.0 Å². The molecule has 0 bridgehead atoms. The Bertz CT molecular complexity index is 802. The van der Waals surface area contributed by atoms with Crippen LogP contribution in [0.4, 0.5) is 0 Å². The molecule has 2 amide bonds. The van der Waals surface area contributed by atoms with E-state index >= 15 is 0 Å². The van der Waals surface area contributed by atoms with Gasteiger partial charge in [0.2, 0.25) is 5.78 Å². The van der Waals surface area contributed by atoms with Crippen LogP contribution < -0.4 is 11.1 Å². The first-order chi connectivity index (χ1) is 11.8. The number of nitrogens with zero attached hydrogens (tertiary/aromatic N) is 2. The molecule has 0 fully saturated rings. The smallest absolute Gasteiger partial charge is 0.287 e. The number of amides is 2. The first-order valence-corrected chi connectivity index (χ1v) is 8.14. The first-order valence-electron chi connectivity index (χ1n) is 7.76. The molecule has 1 aromatic carbocycles. The minimum absolute atomic E-state index is 0.144. The van der Waals surface area contributed by atoms with Gasteiger partial charge in [-0.1, -0.05) is 41.9 Å². The molecule has 1 aromatic heterocycles. The molecule has 0 saturated carbocycles. The Hall–Kier alpha value is -2.67. The summed E-state index contributed by atoms with van der Waals surface area (Å²) in [4.78, 5) is 36.1. The number of ketones is 1. The second kappa shape index (κ2) is 7.94.